The van der Waals surface area contributed by atoms with Crippen molar-refractivity contribution in [2.24, 2.45) is 0 Å². The molecular weight excluding hydrogens is 400 g/mol. The molecule has 0 saturated carbocycles. The number of morpholine rings is 1. The molecule has 0 unspecified atom stereocenters. The van der Waals surface area contributed by atoms with E-state index in [2.05, 4.69) is 15.7 Å². The minimum absolute atomic E-state index is 0.156. The molecule has 3 N–H and O–H groups in total. The van der Waals surface area contributed by atoms with E-state index in [-0.39, 0.29) is 24.9 Å². The van der Waals surface area contributed by atoms with Crippen LogP contribution in [-0.2, 0) is 25.7 Å². The maximum absolute atomic E-state index is 12.6. The van der Waals surface area contributed by atoms with E-state index in [0.717, 1.165) is 11.4 Å². The number of carbonyl (C=O) groups excluding carboxylic acids is 2. The number of amides is 2. The Morgan fingerprint density at radius 3 is 2.76 bits per heavy atom. The fourth-order valence-corrected chi connectivity index (χ4v) is 3.29. The van der Waals surface area contributed by atoms with Crippen LogP contribution in [0, 0.1) is 13.8 Å². The van der Waals surface area contributed by atoms with Gasteiger partial charge in [0.2, 0.25) is 5.91 Å². The summed E-state index contributed by atoms with van der Waals surface area (Å²) in [6, 6.07) is 8.45. The van der Waals surface area contributed by atoms with Crippen LogP contribution >= 0.6 is 11.6 Å². The number of rotatable bonds is 5. The first kappa shape index (κ1) is 22.4. The van der Waals surface area contributed by atoms with Gasteiger partial charge in [-0.05, 0) is 31.5 Å². The Morgan fingerprint density at radius 2 is 2.14 bits per heavy atom. The molecule has 1 aliphatic heterocycles. The molecule has 10 heteroatoms. The number of carboxylic acid groups (broad SMARTS) is 1. The first-order valence-corrected chi connectivity index (χ1v) is 9.27. The third-order valence-electron chi connectivity index (χ3n) is 4.24. The number of hydrogen-bond acceptors (Lipinski definition) is 5. The number of nitrogens with zero attached hydrogens (tertiary/aromatic N) is 2. The van der Waals surface area contributed by atoms with Crippen LogP contribution in [0.1, 0.15) is 23.0 Å². The van der Waals surface area contributed by atoms with Gasteiger partial charge in [0, 0.05) is 17.3 Å². The average Bonchev–Trinajstić information content (AvgIpc) is 3.00. The Morgan fingerprint density at radius 1 is 1.45 bits per heavy atom. The fraction of sp³-hybridized carbons (Fsp3) is 0.368. The van der Waals surface area contributed by atoms with Crippen LogP contribution < -0.4 is 10.6 Å². The minimum Gasteiger partial charge on any atom is -0.483 e. The quantitative estimate of drug-likeness (QED) is 0.623. The van der Waals surface area contributed by atoms with Gasteiger partial charge >= 0.3 is 0 Å². The molecule has 2 amide bonds. The number of hydrogen-bond donors (Lipinski definition) is 3. The summed E-state index contributed by atoms with van der Waals surface area (Å²) in [6.07, 6.45) is -0.840. The summed E-state index contributed by atoms with van der Waals surface area (Å²) in [5.41, 5.74) is 2.62. The van der Waals surface area contributed by atoms with Crippen LogP contribution in [0.25, 0.3) is 0 Å². The van der Waals surface area contributed by atoms with Crippen LogP contribution in [0.15, 0.2) is 30.3 Å². The van der Waals surface area contributed by atoms with E-state index in [0.29, 0.717) is 23.7 Å². The van der Waals surface area contributed by atoms with Gasteiger partial charge in [-0.3, -0.25) is 19.1 Å². The summed E-state index contributed by atoms with van der Waals surface area (Å²) in [7, 11) is 0. The van der Waals surface area contributed by atoms with Gasteiger partial charge in [-0.15, -0.1) is 0 Å². The zero-order chi connectivity index (χ0) is 21.4. The molecule has 2 atom stereocenters. The number of ether oxygens (including phenoxy) is 1. The van der Waals surface area contributed by atoms with Crippen molar-refractivity contribution in [2.75, 3.05) is 13.2 Å². The molecule has 29 heavy (non-hydrogen) atoms. The number of nitrogens with one attached hydrogen (secondary N) is 2. The molecule has 0 aliphatic carbocycles. The van der Waals surface area contributed by atoms with E-state index in [1.54, 1.807) is 24.3 Å². The monoisotopic (exact) mass is 422 g/mol. The van der Waals surface area contributed by atoms with Crippen molar-refractivity contribution in [3.05, 3.63) is 52.3 Å². The third kappa shape index (κ3) is 6.03. The standard InChI is InChI=1S/C18H21ClN4O3.CH2O2/c1-11-9-12(2)23(22-11)8-7-20-18(25)17-16(21-15(24)10-26-17)13-5-3-4-6-14(13)19;2-1-3/h3-6,9,16-17H,7-8,10H2,1-2H3,(H,20,25)(H,21,24);1H,(H,2,3)/t16-,17+;/m1./s1. The maximum Gasteiger partial charge on any atom is 0.290 e. The predicted octanol–water partition coefficient (Wildman–Crippen LogP) is 1.23. The first-order valence-electron chi connectivity index (χ1n) is 8.89. The molecule has 0 spiro atoms. The molecule has 1 aromatic carbocycles. The lowest BCUT2D eigenvalue weighted by molar-refractivity contribution is -0.148. The zero-order valence-electron chi connectivity index (χ0n) is 16.1. The molecule has 156 valence electrons. The molecule has 0 radical (unpaired) electrons. The summed E-state index contributed by atoms with van der Waals surface area (Å²) >= 11 is 6.23. The number of aromatic nitrogens is 2. The molecule has 2 aromatic rings. The molecular formula is C19H23ClN4O5. The van der Waals surface area contributed by atoms with E-state index in [1.165, 1.54) is 0 Å². The second kappa shape index (κ2) is 10.6. The van der Waals surface area contributed by atoms with E-state index in [4.69, 9.17) is 26.2 Å². The van der Waals surface area contributed by atoms with Crippen molar-refractivity contribution in [1.29, 1.82) is 0 Å². The smallest absolute Gasteiger partial charge is 0.290 e. The highest BCUT2D eigenvalue weighted by Crippen LogP contribution is 2.28. The normalized spacial score (nSPS) is 18.2. The molecule has 1 aliphatic rings. The van der Waals surface area contributed by atoms with Gasteiger partial charge in [0.25, 0.3) is 12.4 Å². The highest BCUT2D eigenvalue weighted by Gasteiger charge is 2.36. The maximum atomic E-state index is 12.6. The summed E-state index contributed by atoms with van der Waals surface area (Å²) in [4.78, 5) is 32.7. The highest BCUT2D eigenvalue weighted by molar-refractivity contribution is 6.31. The van der Waals surface area contributed by atoms with Gasteiger partial charge < -0.3 is 20.5 Å². The van der Waals surface area contributed by atoms with Crippen molar-refractivity contribution in [2.45, 2.75) is 32.5 Å². The highest BCUT2D eigenvalue weighted by atomic mass is 35.5. The Hall–Kier alpha value is -2.91. The first-order chi connectivity index (χ1) is 13.9. The summed E-state index contributed by atoms with van der Waals surface area (Å²) in [6.45, 7) is 4.45. The number of halogens is 1. The Kier molecular flexibility index (Phi) is 8.17. The molecule has 0 bridgehead atoms. The molecule has 1 aromatic heterocycles. The Labute approximate surface area is 173 Å². The predicted molar refractivity (Wildman–Crippen MR) is 105 cm³/mol. The lowest BCUT2D eigenvalue weighted by Crippen LogP contribution is -2.52. The molecule has 2 heterocycles. The van der Waals surface area contributed by atoms with Crippen molar-refractivity contribution in [3.63, 3.8) is 0 Å². The van der Waals surface area contributed by atoms with Crippen molar-refractivity contribution >= 4 is 29.9 Å². The van der Waals surface area contributed by atoms with E-state index in [1.807, 2.05) is 24.6 Å². The van der Waals surface area contributed by atoms with Crippen molar-refractivity contribution in [3.8, 4) is 0 Å². The number of benzene rings is 1. The SMILES string of the molecule is Cc1cc(C)n(CCNC(=O)[C@H]2OCC(=O)N[C@@H]2c2ccccc2Cl)n1.O=CO. The Bertz CT molecular complexity index is 870. The van der Waals surface area contributed by atoms with Gasteiger partial charge in [-0.2, -0.15) is 5.10 Å². The van der Waals surface area contributed by atoms with E-state index < -0.39 is 12.1 Å². The summed E-state index contributed by atoms with van der Waals surface area (Å²) in [5, 5.41) is 17.4. The third-order valence-corrected chi connectivity index (χ3v) is 4.58. The van der Waals surface area contributed by atoms with E-state index >= 15 is 0 Å². The number of carbonyl (C=O) groups is 3. The summed E-state index contributed by atoms with van der Waals surface area (Å²) in [5.74, 6) is -0.571. The lowest BCUT2D eigenvalue weighted by Gasteiger charge is -2.32. The van der Waals surface area contributed by atoms with Gasteiger partial charge in [-0.1, -0.05) is 29.8 Å². The zero-order valence-corrected chi connectivity index (χ0v) is 16.8. The van der Waals surface area contributed by atoms with E-state index in [9.17, 15) is 9.59 Å². The van der Waals surface area contributed by atoms with Crippen molar-refractivity contribution in [1.82, 2.24) is 20.4 Å². The van der Waals surface area contributed by atoms with Gasteiger partial charge in [0.05, 0.1) is 18.3 Å². The van der Waals surface area contributed by atoms with Gasteiger partial charge in [-0.25, -0.2) is 0 Å². The van der Waals surface area contributed by atoms with Gasteiger partial charge in [0.1, 0.15) is 6.61 Å². The summed E-state index contributed by atoms with van der Waals surface area (Å²) < 4.78 is 7.34. The molecule has 1 fully saturated rings. The second-order valence-corrected chi connectivity index (χ2v) is 6.75. The Balaban J connectivity index is 0.000000941. The fourth-order valence-electron chi connectivity index (χ4n) is 3.03. The van der Waals surface area contributed by atoms with Crippen LogP contribution in [0.4, 0.5) is 0 Å². The second-order valence-electron chi connectivity index (χ2n) is 6.34. The van der Waals surface area contributed by atoms with Gasteiger partial charge in [0.15, 0.2) is 6.10 Å². The van der Waals surface area contributed by atoms with Crippen LogP contribution in [0.2, 0.25) is 5.02 Å². The molecule has 9 nitrogen and oxygen atoms in total. The minimum atomic E-state index is -0.840. The molecule has 1 saturated heterocycles. The topological polar surface area (TPSA) is 123 Å². The van der Waals surface area contributed by atoms with Crippen LogP contribution in [0.5, 0.6) is 0 Å². The van der Waals surface area contributed by atoms with Crippen LogP contribution in [0.3, 0.4) is 0 Å². The molecule has 3 rings (SSSR count). The lowest BCUT2D eigenvalue weighted by atomic mass is 9.99. The average molecular weight is 423 g/mol. The number of aryl methyl sites for hydroxylation is 2. The van der Waals surface area contributed by atoms with Crippen LogP contribution in [-0.4, -0.2) is 52.4 Å². The largest absolute Gasteiger partial charge is 0.483 e. The van der Waals surface area contributed by atoms with Crippen molar-refractivity contribution < 1.29 is 24.2 Å².